The Kier molecular flexibility index (Phi) is 3.30. The number of rotatable bonds is 4. The quantitative estimate of drug-likeness (QED) is 0.895. The fourth-order valence-electron chi connectivity index (χ4n) is 4.40. The average Bonchev–Trinajstić information content (AvgIpc) is 3.00. The highest BCUT2D eigenvalue weighted by Crippen LogP contribution is 2.51. The predicted molar refractivity (Wildman–Crippen MR) is 78.1 cm³/mol. The third-order valence-corrected chi connectivity index (χ3v) is 5.29. The zero-order valence-corrected chi connectivity index (χ0v) is 12.1. The lowest BCUT2D eigenvalue weighted by Crippen LogP contribution is -2.36. The van der Waals surface area contributed by atoms with Crippen LogP contribution in [0, 0.1) is 17.8 Å². The molecule has 2 saturated carbocycles. The monoisotopic (exact) mass is 259 g/mol. The van der Waals surface area contributed by atoms with Crippen LogP contribution in [0.1, 0.15) is 44.6 Å². The number of fused-ring (bicyclic) bond motifs is 2. The van der Waals surface area contributed by atoms with E-state index in [4.69, 9.17) is 10.5 Å². The Morgan fingerprint density at radius 3 is 2.68 bits per heavy atom. The summed E-state index contributed by atoms with van der Waals surface area (Å²) >= 11 is 0. The van der Waals surface area contributed by atoms with Crippen molar-refractivity contribution in [3.8, 4) is 5.75 Å². The van der Waals surface area contributed by atoms with E-state index in [0.29, 0.717) is 0 Å². The lowest BCUT2D eigenvalue weighted by Gasteiger charge is -2.33. The number of ether oxygens (including phenoxy) is 1. The summed E-state index contributed by atoms with van der Waals surface area (Å²) in [5, 5.41) is 0. The minimum Gasteiger partial charge on any atom is -0.496 e. The first kappa shape index (κ1) is 13.0. The molecule has 0 aliphatic heterocycles. The maximum atomic E-state index is 6.65. The lowest BCUT2D eigenvalue weighted by atomic mass is 9.77. The van der Waals surface area contributed by atoms with Gasteiger partial charge in [-0.1, -0.05) is 24.6 Å². The first-order chi connectivity index (χ1) is 9.10. The van der Waals surface area contributed by atoms with Crippen molar-refractivity contribution in [1.82, 2.24) is 0 Å². The number of benzene rings is 1. The van der Waals surface area contributed by atoms with Gasteiger partial charge in [0.1, 0.15) is 5.75 Å². The number of nitrogens with two attached hydrogens (primary N) is 1. The minimum absolute atomic E-state index is 0.276. The summed E-state index contributed by atoms with van der Waals surface area (Å²) in [5.74, 6) is 3.67. The molecule has 2 bridgehead atoms. The summed E-state index contributed by atoms with van der Waals surface area (Å²) < 4.78 is 5.48. The van der Waals surface area contributed by atoms with Crippen molar-refractivity contribution in [3.05, 3.63) is 29.8 Å². The molecular weight excluding hydrogens is 234 g/mol. The second kappa shape index (κ2) is 4.82. The summed E-state index contributed by atoms with van der Waals surface area (Å²) in [5.41, 5.74) is 7.52. The van der Waals surface area contributed by atoms with E-state index in [1.165, 1.54) is 25.7 Å². The summed E-state index contributed by atoms with van der Waals surface area (Å²) in [7, 11) is 1.73. The third kappa shape index (κ3) is 2.38. The maximum absolute atomic E-state index is 6.65. The molecule has 4 unspecified atom stereocenters. The van der Waals surface area contributed by atoms with Crippen LogP contribution in [-0.2, 0) is 5.54 Å². The van der Waals surface area contributed by atoms with Gasteiger partial charge in [0.25, 0.3) is 0 Å². The van der Waals surface area contributed by atoms with Crippen LogP contribution >= 0.6 is 0 Å². The molecule has 19 heavy (non-hydrogen) atoms. The molecule has 4 atom stereocenters. The largest absolute Gasteiger partial charge is 0.496 e. The molecular formula is C17H25NO. The van der Waals surface area contributed by atoms with Crippen LogP contribution in [0.4, 0.5) is 0 Å². The number of hydrogen-bond acceptors (Lipinski definition) is 2. The average molecular weight is 259 g/mol. The Labute approximate surface area is 116 Å². The highest BCUT2D eigenvalue weighted by molar-refractivity contribution is 5.38. The van der Waals surface area contributed by atoms with Crippen LogP contribution < -0.4 is 10.5 Å². The van der Waals surface area contributed by atoms with E-state index in [2.05, 4.69) is 19.1 Å². The predicted octanol–water partition coefficient (Wildman–Crippen LogP) is 3.70. The van der Waals surface area contributed by atoms with Crippen molar-refractivity contribution in [2.45, 2.75) is 44.6 Å². The van der Waals surface area contributed by atoms with Crippen LogP contribution in [0.15, 0.2) is 24.3 Å². The van der Waals surface area contributed by atoms with Crippen molar-refractivity contribution in [2.24, 2.45) is 23.5 Å². The molecule has 0 saturated heterocycles. The van der Waals surface area contributed by atoms with E-state index < -0.39 is 0 Å². The first-order valence-corrected chi connectivity index (χ1v) is 7.52. The van der Waals surface area contributed by atoms with Crippen LogP contribution in [0.2, 0.25) is 0 Å². The van der Waals surface area contributed by atoms with E-state index in [1.54, 1.807) is 7.11 Å². The highest BCUT2D eigenvalue weighted by atomic mass is 16.5. The van der Waals surface area contributed by atoms with Crippen molar-refractivity contribution >= 4 is 0 Å². The van der Waals surface area contributed by atoms with Crippen molar-refractivity contribution in [3.63, 3.8) is 0 Å². The molecule has 2 nitrogen and oxygen atoms in total. The highest BCUT2D eigenvalue weighted by Gasteiger charge is 2.42. The van der Waals surface area contributed by atoms with E-state index in [-0.39, 0.29) is 5.54 Å². The summed E-state index contributed by atoms with van der Waals surface area (Å²) in [6.45, 7) is 2.16. The molecule has 3 rings (SSSR count). The van der Waals surface area contributed by atoms with Gasteiger partial charge < -0.3 is 10.5 Å². The normalized spacial score (nSPS) is 32.3. The molecule has 1 aromatic carbocycles. The molecule has 2 fully saturated rings. The number of hydrogen-bond donors (Lipinski definition) is 1. The fraction of sp³-hybridized carbons (Fsp3) is 0.647. The minimum atomic E-state index is -0.276. The van der Waals surface area contributed by atoms with Gasteiger partial charge in [-0.25, -0.2) is 0 Å². The molecule has 2 N–H and O–H groups in total. The number of methoxy groups -OCH3 is 1. The summed E-state index contributed by atoms with van der Waals surface area (Å²) in [4.78, 5) is 0. The standard InChI is InChI=1S/C17H25NO/c1-17(18,15-5-3-4-6-16(15)19-2)11-14-10-12-7-8-13(14)9-12/h3-6,12-14H,7-11,18H2,1-2H3. The Morgan fingerprint density at radius 2 is 2.05 bits per heavy atom. The Morgan fingerprint density at radius 1 is 1.26 bits per heavy atom. The lowest BCUT2D eigenvalue weighted by molar-refractivity contribution is 0.249. The van der Waals surface area contributed by atoms with Crippen LogP contribution in [-0.4, -0.2) is 7.11 Å². The van der Waals surface area contributed by atoms with Gasteiger partial charge in [0.15, 0.2) is 0 Å². The van der Waals surface area contributed by atoms with Gasteiger partial charge in [0.05, 0.1) is 7.11 Å². The molecule has 0 amide bonds. The molecule has 104 valence electrons. The smallest absolute Gasteiger partial charge is 0.123 e. The van der Waals surface area contributed by atoms with E-state index in [0.717, 1.165) is 35.5 Å². The van der Waals surface area contributed by atoms with E-state index in [1.807, 2.05) is 12.1 Å². The maximum Gasteiger partial charge on any atom is 0.123 e. The van der Waals surface area contributed by atoms with Gasteiger partial charge in [-0.3, -0.25) is 0 Å². The molecule has 1 aromatic rings. The Hall–Kier alpha value is -1.02. The summed E-state index contributed by atoms with van der Waals surface area (Å²) in [6.07, 6.45) is 6.82. The van der Waals surface area contributed by atoms with Crippen molar-refractivity contribution in [2.75, 3.05) is 7.11 Å². The van der Waals surface area contributed by atoms with Crippen LogP contribution in [0.5, 0.6) is 5.75 Å². The number of para-hydroxylation sites is 1. The molecule has 0 aromatic heterocycles. The summed E-state index contributed by atoms with van der Waals surface area (Å²) in [6, 6.07) is 8.20. The van der Waals surface area contributed by atoms with E-state index >= 15 is 0 Å². The molecule has 2 aliphatic rings. The van der Waals surface area contributed by atoms with Gasteiger partial charge in [-0.15, -0.1) is 0 Å². The zero-order chi connectivity index (χ0) is 13.5. The van der Waals surface area contributed by atoms with Crippen molar-refractivity contribution in [1.29, 1.82) is 0 Å². The van der Waals surface area contributed by atoms with Gasteiger partial charge >= 0.3 is 0 Å². The fourth-order valence-corrected chi connectivity index (χ4v) is 4.40. The second-order valence-corrected chi connectivity index (χ2v) is 6.76. The van der Waals surface area contributed by atoms with Gasteiger partial charge in [0.2, 0.25) is 0 Å². The van der Waals surface area contributed by atoms with Crippen LogP contribution in [0.3, 0.4) is 0 Å². The molecule has 2 heteroatoms. The van der Waals surface area contributed by atoms with E-state index in [9.17, 15) is 0 Å². The first-order valence-electron chi connectivity index (χ1n) is 7.52. The third-order valence-electron chi connectivity index (χ3n) is 5.29. The Balaban J connectivity index is 1.78. The molecule has 2 aliphatic carbocycles. The molecule has 0 heterocycles. The van der Waals surface area contributed by atoms with Gasteiger partial charge in [0, 0.05) is 11.1 Å². The second-order valence-electron chi connectivity index (χ2n) is 6.76. The van der Waals surface area contributed by atoms with Crippen molar-refractivity contribution < 1.29 is 4.74 Å². The molecule has 0 spiro atoms. The van der Waals surface area contributed by atoms with Gasteiger partial charge in [-0.05, 0) is 56.4 Å². The molecule has 0 radical (unpaired) electrons. The zero-order valence-electron chi connectivity index (χ0n) is 12.1. The topological polar surface area (TPSA) is 35.2 Å². The van der Waals surface area contributed by atoms with Crippen LogP contribution in [0.25, 0.3) is 0 Å². The Bertz CT molecular complexity index is 454. The van der Waals surface area contributed by atoms with Gasteiger partial charge in [-0.2, -0.15) is 0 Å². The SMILES string of the molecule is COc1ccccc1C(C)(N)CC1CC2CCC1C2.